The van der Waals surface area contributed by atoms with Crippen LogP contribution in [0.2, 0.25) is 0 Å². The summed E-state index contributed by atoms with van der Waals surface area (Å²) in [5, 5.41) is 27.7. The number of halogens is 2. The standard InChI is InChI=1S/C47H50BrFN8O11/c1-3-47(66)30-14-35-42-28(20-57(35)45(64)29(30)21-67-46(47)65)41-32(10-9-27-23(2)31(49)15-33(55-42)40(27)41)56-43(62)25-12-26(13-25)68-22-53-38(60)18-52-44(63)34(11-24-7-5-4-6-8-24)54-39(61)19-51-37(59)17-50-36(58)16-48/h4-8,14-15,25-26,32,34,66H,3,9-13,16-22H2,1-2H3,(H,50,58)(H,51,59)(H,52,63)(H,53,60)(H,54,61)(H,56,62)/t25?,26?,32-,34-,47-/m0/s1. The molecule has 1 fully saturated rings. The van der Waals surface area contributed by atoms with Crippen LogP contribution in [0.25, 0.3) is 22.3 Å². The number of hydrogen-bond donors (Lipinski definition) is 7. The highest BCUT2D eigenvalue weighted by molar-refractivity contribution is 9.09. The Labute approximate surface area is 396 Å². The summed E-state index contributed by atoms with van der Waals surface area (Å²) >= 11 is 2.97. The van der Waals surface area contributed by atoms with Gasteiger partial charge in [0.15, 0.2) is 5.60 Å². The van der Waals surface area contributed by atoms with Gasteiger partial charge in [0.25, 0.3) is 5.56 Å². The topological polar surface area (TPSA) is 265 Å². The first-order valence-corrected chi connectivity index (χ1v) is 23.4. The van der Waals surface area contributed by atoms with Crippen molar-refractivity contribution in [3.63, 3.8) is 0 Å². The van der Waals surface area contributed by atoms with Gasteiger partial charge in [-0.3, -0.25) is 33.6 Å². The van der Waals surface area contributed by atoms with Crippen LogP contribution < -0.4 is 37.5 Å². The number of ether oxygens (including phenoxy) is 2. The smallest absolute Gasteiger partial charge is 0.343 e. The number of carbonyl (C=O) groups excluding carboxylic acids is 7. The van der Waals surface area contributed by atoms with Crippen molar-refractivity contribution in [1.82, 2.24) is 41.5 Å². The van der Waals surface area contributed by atoms with Crippen LogP contribution in [0.1, 0.15) is 77.6 Å². The Balaban J connectivity index is 0.857. The van der Waals surface area contributed by atoms with Gasteiger partial charge in [0.2, 0.25) is 35.4 Å². The molecule has 2 aromatic heterocycles. The van der Waals surface area contributed by atoms with Crippen LogP contribution in [0.3, 0.4) is 0 Å². The predicted molar refractivity (Wildman–Crippen MR) is 244 cm³/mol. The van der Waals surface area contributed by atoms with Crippen LogP contribution >= 0.6 is 15.9 Å². The monoisotopic (exact) mass is 1000 g/mol. The summed E-state index contributed by atoms with van der Waals surface area (Å²) in [6.07, 6.45) is 1.41. The van der Waals surface area contributed by atoms with Gasteiger partial charge in [0.1, 0.15) is 25.2 Å². The van der Waals surface area contributed by atoms with E-state index in [-0.39, 0.29) is 67.7 Å². The number of aliphatic hydroxyl groups is 1. The average Bonchev–Trinajstić information content (AvgIpc) is 3.69. The van der Waals surface area contributed by atoms with E-state index in [9.17, 15) is 43.5 Å². The molecule has 2 aromatic carbocycles. The molecule has 0 radical (unpaired) electrons. The summed E-state index contributed by atoms with van der Waals surface area (Å²) in [5.74, 6) is -4.76. The van der Waals surface area contributed by atoms with Gasteiger partial charge >= 0.3 is 5.97 Å². The summed E-state index contributed by atoms with van der Waals surface area (Å²) in [5.41, 5.74) is 2.47. The van der Waals surface area contributed by atoms with Crippen molar-refractivity contribution >= 4 is 68.2 Å². The van der Waals surface area contributed by atoms with Crippen molar-refractivity contribution < 1.29 is 52.5 Å². The molecule has 68 heavy (non-hydrogen) atoms. The van der Waals surface area contributed by atoms with Crippen LogP contribution in [0.4, 0.5) is 4.39 Å². The Bertz CT molecular complexity index is 2800. The first kappa shape index (κ1) is 47.9. The number of rotatable bonds is 17. The van der Waals surface area contributed by atoms with Crippen LogP contribution in [0.15, 0.2) is 47.3 Å². The van der Waals surface area contributed by atoms with Gasteiger partial charge in [-0.25, -0.2) is 14.2 Å². The number of nitrogens with zero attached hydrogens (tertiary/aromatic N) is 2. The van der Waals surface area contributed by atoms with Crippen molar-refractivity contribution in [3.05, 3.63) is 97.6 Å². The van der Waals surface area contributed by atoms with E-state index >= 15 is 4.39 Å². The Morgan fingerprint density at radius 2 is 1.66 bits per heavy atom. The molecule has 4 aromatic rings. The number of fused-ring (bicyclic) bond motifs is 5. The molecular formula is C47H50BrFN8O11. The molecule has 0 saturated heterocycles. The molecular weight excluding hydrogens is 951 g/mol. The molecule has 3 atom stereocenters. The van der Waals surface area contributed by atoms with Gasteiger partial charge in [0.05, 0.1) is 66.1 Å². The summed E-state index contributed by atoms with van der Waals surface area (Å²) in [4.78, 5) is 107. The highest BCUT2D eigenvalue weighted by atomic mass is 79.9. The molecule has 2 aliphatic carbocycles. The maximum Gasteiger partial charge on any atom is 0.343 e. The molecule has 21 heteroatoms. The lowest BCUT2D eigenvalue weighted by Crippen LogP contribution is -2.52. The molecule has 2 aliphatic heterocycles. The fourth-order valence-electron chi connectivity index (χ4n) is 9.27. The minimum atomic E-state index is -2.02. The third-order valence-corrected chi connectivity index (χ3v) is 13.6. The zero-order valence-corrected chi connectivity index (χ0v) is 38.8. The first-order chi connectivity index (χ1) is 32.6. The van der Waals surface area contributed by atoms with E-state index in [1.54, 1.807) is 50.2 Å². The van der Waals surface area contributed by atoms with E-state index in [0.717, 1.165) is 22.1 Å². The highest BCUT2D eigenvalue weighted by Gasteiger charge is 2.46. The zero-order valence-electron chi connectivity index (χ0n) is 37.2. The van der Waals surface area contributed by atoms with Crippen LogP contribution in [0.5, 0.6) is 0 Å². The Morgan fingerprint density at radius 1 is 0.956 bits per heavy atom. The zero-order chi connectivity index (χ0) is 48.4. The number of benzene rings is 2. The van der Waals surface area contributed by atoms with E-state index in [0.29, 0.717) is 53.7 Å². The molecule has 0 spiro atoms. The third kappa shape index (κ3) is 9.59. The second kappa shape index (κ2) is 19.9. The van der Waals surface area contributed by atoms with Crippen molar-refractivity contribution in [2.75, 3.05) is 31.7 Å². The maximum absolute atomic E-state index is 15.4. The van der Waals surface area contributed by atoms with Crippen LogP contribution in [-0.4, -0.2) is 99.9 Å². The van der Waals surface area contributed by atoms with E-state index < -0.39 is 83.6 Å². The van der Waals surface area contributed by atoms with Crippen LogP contribution in [-0.2, 0) is 74.6 Å². The molecule has 8 rings (SSSR count). The summed E-state index contributed by atoms with van der Waals surface area (Å²) in [7, 11) is 0. The van der Waals surface area contributed by atoms with Crippen molar-refractivity contribution in [3.8, 4) is 11.4 Å². The number of aromatic nitrogens is 2. The van der Waals surface area contributed by atoms with E-state index in [2.05, 4.69) is 47.8 Å². The summed E-state index contributed by atoms with van der Waals surface area (Å²) < 4.78 is 27.9. The molecule has 7 N–H and O–H groups in total. The predicted octanol–water partition coefficient (Wildman–Crippen LogP) is 0.971. The number of hydrogen-bond acceptors (Lipinski definition) is 12. The fraction of sp³-hybridized carbons (Fsp3) is 0.426. The first-order valence-electron chi connectivity index (χ1n) is 22.3. The number of amides is 6. The van der Waals surface area contributed by atoms with Crippen molar-refractivity contribution in [1.29, 1.82) is 0 Å². The second-order valence-electron chi connectivity index (χ2n) is 17.3. The lowest BCUT2D eigenvalue weighted by molar-refractivity contribution is -0.172. The van der Waals surface area contributed by atoms with Gasteiger partial charge in [0, 0.05) is 34.9 Å². The number of carbonyl (C=O) groups is 7. The molecule has 358 valence electrons. The summed E-state index contributed by atoms with van der Waals surface area (Å²) in [6.45, 7) is 1.75. The van der Waals surface area contributed by atoms with E-state index in [4.69, 9.17) is 14.5 Å². The number of aryl methyl sites for hydroxylation is 1. The van der Waals surface area contributed by atoms with Gasteiger partial charge in [-0.2, -0.15) is 0 Å². The molecule has 6 amide bonds. The molecule has 0 unspecified atom stereocenters. The Hall–Kier alpha value is -6.58. The number of nitrogens with one attached hydrogen (secondary N) is 6. The number of pyridine rings is 2. The normalized spacial score (nSPS) is 20.1. The van der Waals surface area contributed by atoms with Gasteiger partial charge in [-0.15, -0.1) is 0 Å². The van der Waals surface area contributed by atoms with Gasteiger partial charge in [-0.1, -0.05) is 53.2 Å². The van der Waals surface area contributed by atoms with Crippen molar-refractivity contribution in [2.45, 2.75) is 89.3 Å². The van der Waals surface area contributed by atoms with Crippen molar-refractivity contribution in [2.24, 2.45) is 5.92 Å². The number of alkyl halides is 1. The highest BCUT2D eigenvalue weighted by Crippen LogP contribution is 2.46. The quantitative estimate of drug-likeness (QED) is 0.0391. The van der Waals surface area contributed by atoms with Gasteiger partial charge in [-0.05, 0) is 67.3 Å². The Morgan fingerprint density at radius 3 is 2.40 bits per heavy atom. The minimum absolute atomic E-state index is 0.0107. The fourth-order valence-corrected chi connectivity index (χ4v) is 9.47. The lowest BCUT2D eigenvalue weighted by atomic mass is 9.79. The minimum Gasteiger partial charge on any atom is -0.458 e. The van der Waals surface area contributed by atoms with E-state index in [1.807, 2.05) is 0 Å². The third-order valence-electron chi connectivity index (χ3n) is 13.1. The van der Waals surface area contributed by atoms with Crippen LogP contribution in [0, 0.1) is 18.7 Å². The molecule has 0 bridgehead atoms. The largest absolute Gasteiger partial charge is 0.458 e. The SMILES string of the molecule is CC[C@@]1(O)C(=O)OCc2c1cc1n(c2=O)Cc2c-1nc1cc(F)c(C)c3c1c2[C@@H](NC(=O)C1CC(OCNC(=O)CNC(=O)[C@H](Cc2ccccc2)NC(=O)CNC(=O)CNC(=O)CBr)C1)CC3. The molecule has 1 saturated carbocycles. The second-order valence-corrected chi connectivity index (χ2v) is 17.9. The van der Waals surface area contributed by atoms with E-state index in [1.165, 1.54) is 10.6 Å². The Kier molecular flexibility index (Phi) is 14.0. The summed E-state index contributed by atoms with van der Waals surface area (Å²) in [6, 6.07) is 10.3. The molecule has 4 heterocycles. The molecule has 19 nitrogen and oxygen atoms in total. The van der Waals surface area contributed by atoms with Gasteiger partial charge < -0.3 is 51.0 Å². The molecule has 4 aliphatic rings. The lowest BCUT2D eigenvalue weighted by Gasteiger charge is -2.36. The number of cyclic esters (lactones) is 1. The number of esters is 1. The average molecular weight is 1000 g/mol. The maximum atomic E-state index is 15.4.